The highest BCUT2D eigenvalue weighted by Crippen LogP contribution is 1.75. The van der Waals surface area contributed by atoms with E-state index in [1.807, 2.05) is 0 Å². The van der Waals surface area contributed by atoms with Crippen LogP contribution in [0.5, 0.6) is 0 Å². The van der Waals surface area contributed by atoms with Crippen molar-refractivity contribution in [2.45, 2.75) is 0 Å². The Hall–Kier alpha value is -1.31. The van der Waals surface area contributed by atoms with Crippen molar-refractivity contribution < 1.29 is 4.79 Å². The number of carbonyl (C=O) groups excluding carboxylic acids is 1. The summed E-state index contributed by atoms with van der Waals surface area (Å²) in [5, 5.41) is 0. The van der Waals surface area contributed by atoms with E-state index in [-0.39, 0.29) is 0 Å². The average molecular weight is 123 g/mol. The second-order valence-electron chi connectivity index (χ2n) is 1.38. The van der Waals surface area contributed by atoms with Crippen LogP contribution in [0.15, 0.2) is 37.0 Å². The lowest BCUT2D eigenvalue weighted by molar-refractivity contribution is -0.113. The molecular formula is C7H9NO. The van der Waals surface area contributed by atoms with Gasteiger partial charge in [0, 0.05) is 6.08 Å². The molecule has 0 saturated heterocycles. The molecule has 0 aromatic carbocycles. The smallest absolute Gasteiger partial charge is 0.241 e. The van der Waals surface area contributed by atoms with Crippen LogP contribution >= 0.6 is 0 Å². The number of hydrogen-bond acceptors (Lipinski definition) is 1. The first-order valence-corrected chi connectivity index (χ1v) is 2.52. The van der Waals surface area contributed by atoms with E-state index in [0.29, 0.717) is 0 Å². The average Bonchev–Trinajstić information content (AvgIpc) is 1.80. The van der Waals surface area contributed by atoms with Gasteiger partial charge in [0.25, 0.3) is 0 Å². The van der Waals surface area contributed by atoms with Gasteiger partial charge in [-0.15, -0.1) is 0 Å². The molecule has 0 unspecified atom stereocenters. The quantitative estimate of drug-likeness (QED) is 0.437. The minimum atomic E-state index is -0.441. The van der Waals surface area contributed by atoms with Gasteiger partial charge in [-0.1, -0.05) is 30.9 Å². The molecule has 0 spiro atoms. The summed E-state index contributed by atoms with van der Waals surface area (Å²) < 4.78 is 0. The maximum Gasteiger partial charge on any atom is 0.241 e. The molecule has 0 atom stereocenters. The zero-order chi connectivity index (χ0) is 7.11. The van der Waals surface area contributed by atoms with E-state index in [1.165, 1.54) is 6.08 Å². The normalized spacial score (nSPS) is 10.7. The van der Waals surface area contributed by atoms with Gasteiger partial charge in [0.1, 0.15) is 0 Å². The van der Waals surface area contributed by atoms with Gasteiger partial charge >= 0.3 is 0 Å². The molecular weight excluding hydrogens is 114 g/mol. The molecule has 2 nitrogen and oxygen atoms in total. The lowest BCUT2D eigenvalue weighted by atomic mass is 10.4. The van der Waals surface area contributed by atoms with Crippen molar-refractivity contribution in [1.82, 2.24) is 0 Å². The van der Waals surface area contributed by atoms with Gasteiger partial charge in [0.05, 0.1) is 0 Å². The first-order chi connectivity index (χ1) is 4.27. The fourth-order valence-electron chi connectivity index (χ4n) is 0.293. The van der Waals surface area contributed by atoms with Crippen LogP contribution in [0.1, 0.15) is 0 Å². The standard InChI is InChI=1S/C7H9NO/c1-2-3-4-5-6-7(8)9/h2-6H,1H2,(H2,8,9). The van der Waals surface area contributed by atoms with Crippen LogP contribution in [0, 0.1) is 0 Å². The molecule has 0 aromatic heterocycles. The molecule has 1 amide bonds. The summed E-state index contributed by atoms with van der Waals surface area (Å²) in [7, 11) is 0. The summed E-state index contributed by atoms with van der Waals surface area (Å²) >= 11 is 0. The minimum absolute atomic E-state index is 0.441. The molecule has 0 aromatic rings. The van der Waals surface area contributed by atoms with Crippen molar-refractivity contribution in [1.29, 1.82) is 0 Å². The second kappa shape index (κ2) is 4.84. The molecule has 0 saturated carbocycles. The molecule has 2 N–H and O–H groups in total. The Kier molecular flexibility index (Phi) is 4.14. The topological polar surface area (TPSA) is 43.1 Å². The van der Waals surface area contributed by atoms with Gasteiger partial charge in [-0.25, -0.2) is 0 Å². The van der Waals surface area contributed by atoms with Gasteiger partial charge in [0.15, 0.2) is 0 Å². The van der Waals surface area contributed by atoms with Crippen LogP contribution in [-0.4, -0.2) is 5.91 Å². The molecule has 48 valence electrons. The first-order valence-electron chi connectivity index (χ1n) is 2.52. The molecule has 0 radical (unpaired) electrons. The van der Waals surface area contributed by atoms with E-state index in [4.69, 9.17) is 5.73 Å². The van der Waals surface area contributed by atoms with E-state index in [1.54, 1.807) is 24.3 Å². The van der Waals surface area contributed by atoms with E-state index in [2.05, 4.69) is 6.58 Å². The monoisotopic (exact) mass is 123 g/mol. The molecule has 0 aliphatic heterocycles. The van der Waals surface area contributed by atoms with Gasteiger partial charge in [-0.3, -0.25) is 4.79 Å². The van der Waals surface area contributed by atoms with E-state index in [9.17, 15) is 4.79 Å². The Bertz CT molecular complexity index is 156. The third-order valence-electron chi connectivity index (χ3n) is 0.619. The number of carbonyl (C=O) groups is 1. The summed E-state index contributed by atoms with van der Waals surface area (Å²) in [5.74, 6) is -0.441. The third-order valence-corrected chi connectivity index (χ3v) is 0.619. The van der Waals surface area contributed by atoms with Crippen molar-refractivity contribution in [2.75, 3.05) is 0 Å². The molecule has 0 bridgehead atoms. The Labute approximate surface area is 54.4 Å². The fourth-order valence-corrected chi connectivity index (χ4v) is 0.293. The summed E-state index contributed by atoms with van der Waals surface area (Å²) in [6.07, 6.45) is 7.84. The zero-order valence-electron chi connectivity index (χ0n) is 5.08. The second-order valence-corrected chi connectivity index (χ2v) is 1.38. The lowest BCUT2D eigenvalue weighted by Gasteiger charge is -1.73. The Morgan fingerprint density at radius 1 is 1.33 bits per heavy atom. The minimum Gasteiger partial charge on any atom is -0.366 e. The Morgan fingerprint density at radius 2 is 2.00 bits per heavy atom. The summed E-state index contributed by atoms with van der Waals surface area (Å²) in [6.45, 7) is 3.44. The van der Waals surface area contributed by atoms with Crippen molar-refractivity contribution in [2.24, 2.45) is 5.73 Å². The molecule has 2 heteroatoms. The highest BCUT2D eigenvalue weighted by molar-refractivity contribution is 5.85. The predicted octanol–water partition coefficient (Wildman–Crippen LogP) is 0.770. The summed E-state index contributed by atoms with van der Waals surface area (Å²) in [5.41, 5.74) is 4.79. The molecule has 0 aliphatic rings. The van der Waals surface area contributed by atoms with Crippen molar-refractivity contribution in [3.8, 4) is 0 Å². The molecule has 0 rings (SSSR count). The highest BCUT2D eigenvalue weighted by Gasteiger charge is 1.75. The van der Waals surface area contributed by atoms with Crippen molar-refractivity contribution in [3.05, 3.63) is 37.0 Å². The van der Waals surface area contributed by atoms with Gasteiger partial charge < -0.3 is 5.73 Å². The summed E-state index contributed by atoms with van der Waals surface area (Å²) in [6, 6.07) is 0. The van der Waals surface area contributed by atoms with Crippen LogP contribution in [0.25, 0.3) is 0 Å². The van der Waals surface area contributed by atoms with Crippen LogP contribution in [0.4, 0.5) is 0 Å². The maximum absolute atomic E-state index is 10.0. The Balaban J connectivity index is 3.59. The first kappa shape index (κ1) is 7.69. The fraction of sp³-hybridized carbons (Fsp3) is 0. The highest BCUT2D eigenvalue weighted by atomic mass is 16.1. The largest absolute Gasteiger partial charge is 0.366 e. The molecule has 9 heavy (non-hydrogen) atoms. The summed E-state index contributed by atoms with van der Waals surface area (Å²) in [4.78, 5) is 10.0. The number of primary amides is 1. The van der Waals surface area contributed by atoms with Gasteiger partial charge in [-0.2, -0.15) is 0 Å². The van der Waals surface area contributed by atoms with Gasteiger partial charge in [0.2, 0.25) is 5.91 Å². The van der Waals surface area contributed by atoms with E-state index in [0.717, 1.165) is 0 Å². The number of allylic oxidation sites excluding steroid dienone is 4. The van der Waals surface area contributed by atoms with E-state index >= 15 is 0 Å². The Morgan fingerprint density at radius 3 is 2.44 bits per heavy atom. The van der Waals surface area contributed by atoms with Crippen LogP contribution in [0.2, 0.25) is 0 Å². The zero-order valence-corrected chi connectivity index (χ0v) is 5.08. The van der Waals surface area contributed by atoms with Crippen molar-refractivity contribution >= 4 is 5.91 Å². The van der Waals surface area contributed by atoms with E-state index < -0.39 is 5.91 Å². The number of nitrogens with two attached hydrogens (primary N) is 1. The number of amides is 1. The van der Waals surface area contributed by atoms with Gasteiger partial charge in [-0.05, 0) is 0 Å². The third kappa shape index (κ3) is 6.69. The number of hydrogen-bond donors (Lipinski definition) is 1. The van der Waals surface area contributed by atoms with Crippen molar-refractivity contribution in [3.63, 3.8) is 0 Å². The van der Waals surface area contributed by atoms with Crippen LogP contribution in [0.3, 0.4) is 0 Å². The molecule has 0 fully saturated rings. The number of rotatable bonds is 3. The van der Waals surface area contributed by atoms with Crippen LogP contribution < -0.4 is 5.73 Å². The molecule has 0 heterocycles. The molecule has 0 aliphatic carbocycles. The van der Waals surface area contributed by atoms with Crippen LogP contribution in [-0.2, 0) is 4.79 Å². The SMILES string of the molecule is C=CC=CC=CC(N)=O. The maximum atomic E-state index is 10.0. The lowest BCUT2D eigenvalue weighted by Crippen LogP contribution is -2.04. The predicted molar refractivity (Wildman–Crippen MR) is 37.7 cm³/mol.